The molecule has 84 valence electrons. The van der Waals surface area contributed by atoms with E-state index in [0.717, 1.165) is 25.9 Å². The lowest BCUT2D eigenvalue weighted by atomic mass is 9.92. The van der Waals surface area contributed by atoms with Gasteiger partial charge in [-0.25, -0.2) is 8.42 Å². The van der Waals surface area contributed by atoms with Crippen molar-refractivity contribution in [2.45, 2.75) is 25.4 Å². The van der Waals surface area contributed by atoms with Gasteiger partial charge in [0.1, 0.15) is 9.84 Å². The standard InChI is InChI=1S/C9H19NO3S/c1-14(12,13)6-2-3-8-7-10-5-4-9(8)11/h8-11H,2-7H2,1H3. The maximum atomic E-state index is 10.9. The fourth-order valence-electron chi connectivity index (χ4n) is 1.81. The normalized spacial score (nSPS) is 29.0. The van der Waals surface area contributed by atoms with Crippen LogP contribution in [-0.2, 0) is 9.84 Å². The summed E-state index contributed by atoms with van der Waals surface area (Å²) in [7, 11) is -2.84. The second-order valence-electron chi connectivity index (χ2n) is 4.09. The third-order valence-electron chi connectivity index (χ3n) is 2.66. The molecule has 0 aromatic carbocycles. The maximum Gasteiger partial charge on any atom is 0.147 e. The van der Waals surface area contributed by atoms with Gasteiger partial charge in [0, 0.05) is 18.6 Å². The molecule has 14 heavy (non-hydrogen) atoms. The molecule has 1 aliphatic heterocycles. The van der Waals surface area contributed by atoms with Crippen LogP contribution in [0.3, 0.4) is 0 Å². The lowest BCUT2D eigenvalue weighted by molar-refractivity contribution is 0.0742. The minimum absolute atomic E-state index is 0.227. The Labute approximate surface area is 85.6 Å². The van der Waals surface area contributed by atoms with E-state index in [0.29, 0.717) is 6.42 Å². The first kappa shape index (κ1) is 11.9. The number of piperidine rings is 1. The van der Waals surface area contributed by atoms with Crippen LogP contribution in [0, 0.1) is 5.92 Å². The highest BCUT2D eigenvalue weighted by atomic mass is 32.2. The van der Waals surface area contributed by atoms with Crippen LogP contribution in [0.5, 0.6) is 0 Å². The van der Waals surface area contributed by atoms with Crippen molar-refractivity contribution in [2.75, 3.05) is 25.1 Å². The Bertz CT molecular complexity index is 263. The van der Waals surface area contributed by atoms with Crippen LogP contribution in [-0.4, -0.2) is 44.7 Å². The van der Waals surface area contributed by atoms with Gasteiger partial charge in [0.2, 0.25) is 0 Å². The Kier molecular flexibility index (Phi) is 4.34. The molecule has 0 bridgehead atoms. The maximum absolute atomic E-state index is 10.9. The molecule has 2 unspecified atom stereocenters. The molecular weight excluding hydrogens is 202 g/mol. The summed E-state index contributed by atoms with van der Waals surface area (Å²) in [5.74, 6) is 0.460. The zero-order valence-electron chi connectivity index (χ0n) is 8.57. The van der Waals surface area contributed by atoms with E-state index in [1.165, 1.54) is 6.26 Å². The molecule has 1 aliphatic rings. The summed E-state index contributed by atoms with van der Waals surface area (Å²) in [5, 5.41) is 12.8. The minimum atomic E-state index is -2.84. The summed E-state index contributed by atoms with van der Waals surface area (Å²) in [6.07, 6.45) is 3.23. The molecule has 2 atom stereocenters. The molecular formula is C9H19NO3S. The van der Waals surface area contributed by atoms with Crippen LogP contribution in [0.15, 0.2) is 0 Å². The number of hydrogen-bond donors (Lipinski definition) is 2. The van der Waals surface area contributed by atoms with Crippen LogP contribution < -0.4 is 5.32 Å². The topological polar surface area (TPSA) is 66.4 Å². The number of aliphatic hydroxyl groups excluding tert-OH is 1. The molecule has 1 fully saturated rings. The van der Waals surface area contributed by atoms with Gasteiger partial charge in [-0.3, -0.25) is 0 Å². The third kappa shape index (κ3) is 4.39. The van der Waals surface area contributed by atoms with Crippen LogP contribution in [0.1, 0.15) is 19.3 Å². The smallest absolute Gasteiger partial charge is 0.147 e. The van der Waals surface area contributed by atoms with Crippen molar-refractivity contribution in [3.63, 3.8) is 0 Å². The summed E-state index contributed by atoms with van der Waals surface area (Å²) in [6.45, 7) is 1.68. The number of nitrogens with one attached hydrogen (secondary N) is 1. The highest BCUT2D eigenvalue weighted by Gasteiger charge is 2.22. The molecule has 5 heteroatoms. The largest absolute Gasteiger partial charge is 0.393 e. The number of rotatable bonds is 4. The van der Waals surface area contributed by atoms with Crippen molar-refractivity contribution < 1.29 is 13.5 Å². The highest BCUT2D eigenvalue weighted by molar-refractivity contribution is 7.90. The number of hydrogen-bond acceptors (Lipinski definition) is 4. The van der Waals surface area contributed by atoms with E-state index in [1.807, 2.05) is 0 Å². The molecule has 1 rings (SSSR count). The van der Waals surface area contributed by atoms with E-state index >= 15 is 0 Å². The van der Waals surface area contributed by atoms with Gasteiger partial charge in [-0.15, -0.1) is 0 Å². The summed E-state index contributed by atoms with van der Waals surface area (Å²) in [4.78, 5) is 0. The second-order valence-corrected chi connectivity index (χ2v) is 6.35. The van der Waals surface area contributed by atoms with Crippen molar-refractivity contribution in [2.24, 2.45) is 5.92 Å². The molecule has 2 N–H and O–H groups in total. The van der Waals surface area contributed by atoms with Gasteiger partial charge in [-0.2, -0.15) is 0 Å². The van der Waals surface area contributed by atoms with Gasteiger partial charge in [-0.05, 0) is 31.7 Å². The quantitative estimate of drug-likeness (QED) is 0.689. The Balaban J connectivity index is 2.23. The van der Waals surface area contributed by atoms with Gasteiger partial charge in [0.25, 0.3) is 0 Å². The zero-order chi connectivity index (χ0) is 10.6. The van der Waals surface area contributed by atoms with E-state index in [9.17, 15) is 13.5 Å². The van der Waals surface area contributed by atoms with Gasteiger partial charge >= 0.3 is 0 Å². The Hall–Kier alpha value is -0.130. The molecule has 0 amide bonds. The van der Waals surface area contributed by atoms with E-state index in [1.54, 1.807) is 0 Å². The molecule has 0 spiro atoms. The molecule has 1 heterocycles. The van der Waals surface area contributed by atoms with Crippen LogP contribution in [0.25, 0.3) is 0 Å². The molecule has 0 aromatic rings. The fraction of sp³-hybridized carbons (Fsp3) is 1.00. The van der Waals surface area contributed by atoms with Crippen molar-refractivity contribution >= 4 is 9.84 Å². The second kappa shape index (κ2) is 5.09. The summed E-state index contributed by atoms with van der Waals surface area (Å²) in [6, 6.07) is 0. The molecule has 1 saturated heterocycles. The molecule has 4 nitrogen and oxygen atoms in total. The van der Waals surface area contributed by atoms with Crippen molar-refractivity contribution in [1.82, 2.24) is 5.32 Å². The highest BCUT2D eigenvalue weighted by Crippen LogP contribution is 2.17. The predicted molar refractivity (Wildman–Crippen MR) is 55.9 cm³/mol. The Morgan fingerprint density at radius 3 is 2.79 bits per heavy atom. The SMILES string of the molecule is CS(=O)(=O)CCCC1CNCCC1O. The third-order valence-corrected chi connectivity index (χ3v) is 3.69. The van der Waals surface area contributed by atoms with Crippen molar-refractivity contribution in [3.8, 4) is 0 Å². The average molecular weight is 221 g/mol. The van der Waals surface area contributed by atoms with E-state index in [-0.39, 0.29) is 17.8 Å². The van der Waals surface area contributed by atoms with E-state index in [4.69, 9.17) is 0 Å². The molecule has 0 aromatic heterocycles. The molecule has 0 saturated carbocycles. The monoisotopic (exact) mass is 221 g/mol. The Morgan fingerprint density at radius 1 is 1.50 bits per heavy atom. The zero-order valence-corrected chi connectivity index (χ0v) is 9.39. The Morgan fingerprint density at radius 2 is 2.21 bits per heavy atom. The summed E-state index contributed by atoms with van der Waals surface area (Å²) >= 11 is 0. The van der Waals surface area contributed by atoms with Crippen LogP contribution in [0.2, 0.25) is 0 Å². The van der Waals surface area contributed by atoms with Crippen LogP contribution in [0.4, 0.5) is 0 Å². The first-order chi connectivity index (χ1) is 6.49. The van der Waals surface area contributed by atoms with Crippen molar-refractivity contribution in [1.29, 1.82) is 0 Å². The van der Waals surface area contributed by atoms with Gasteiger partial charge in [-0.1, -0.05) is 0 Å². The first-order valence-electron chi connectivity index (χ1n) is 5.05. The minimum Gasteiger partial charge on any atom is -0.393 e. The molecule has 0 radical (unpaired) electrons. The fourth-order valence-corrected chi connectivity index (χ4v) is 2.50. The van der Waals surface area contributed by atoms with E-state index < -0.39 is 9.84 Å². The average Bonchev–Trinajstić information content (AvgIpc) is 2.06. The van der Waals surface area contributed by atoms with Gasteiger partial charge < -0.3 is 10.4 Å². The van der Waals surface area contributed by atoms with E-state index in [2.05, 4.69) is 5.32 Å². The lowest BCUT2D eigenvalue weighted by Gasteiger charge is -2.28. The number of sulfone groups is 1. The summed E-state index contributed by atoms with van der Waals surface area (Å²) in [5.41, 5.74) is 0. The lowest BCUT2D eigenvalue weighted by Crippen LogP contribution is -2.39. The van der Waals surface area contributed by atoms with Crippen LogP contribution >= 0.6 is 0 Å². The van der Waals surface area contributed by atoms with Gasteiger partial charge in [0.15, 0.2) is 0 Å². The first-order valence-corrected chi connectivity index (χ1v) is 7.11. The number of aliphatic hydroxyl groups is 1. The predicted octanol–water partition coefficient (Wildman–Crippen LogP) is -0.218. The summed E-state index contributed by atoms with van der Waals surface area (Å²) < 4.78 is 21.8. The van der Waals surface area contributed by atoms with Gasteiger partial charge in [0.05, 0.1) is 6.10 Å². The van der Waals surface area contributed by atoms with Crippen molar-refractivity contribution in [3.05, 3.63) is 0 Å². The molecule has 0 aliphatic carbocycles.